The molecule has 0 saturated heterocycles. The van der Waals surface area contributed by atoms with E-state index in [1.54, 1.807) is 0 Å². The highest BCUT2D eigenvalue weighted by molar-refractivity contribution is 6.18. The van der Waals surface area contributed by atoms with Gasteiger partial charge in [0, 0.05) is 17.8 Å². The number of hydrogen-bond acceptors (Lipinski definition) is 1. The van der Waals surface area contributed by atoms with Crippen molar-refractivity contribution in [2.24, 2.45) is 5.92 Å². The summed E-state index contributed by atoms with van der Waals surface area (Å²) in [6, 6.07) is 0.111. The molecule has 1 N–H and O–H groups in total. The first-order valence-corrected chi connectivity index (χ1v) is 5.14. The second kappa shape index (κ2) is 4.70. The average molecular weight is 190 g/mol. The zero-order chi connectivity index (χ0) is 8.97. The largest absolute Gasteiger partial charge is 0.352 e. The van der Waals surface area contributed by atoms with Gasteiger partial charge in [-0.1, -0.05) is 12.8 Å². The van der Waals surface area contributed by atoms with Crippen molar-refractivity contribution in [3.05, 3.63) is 0 Å². The van der Waals surface area contributed by atoms with Gasteiger partial charge in [-0.05, 0) is 19.8 Å². The molecule has 1 amide bonds. The second-order valence-corrected chi connectivity index (χ2v) is 3.85. The molecule has 3 heteroatoms. The third-order valence-corrected chi connectivity index (χ3v) is 2.81. The highest BCUT2D eigenvalue weighted by Gasteiger charge is 2.23. The van der Waals surface area contributed by atoms with Gasteiger partial charge in [-0.25, -0.2) is 0 Å². The Hall–Kier alpha value is -0.240. The van der Waals surface area contributed by atoms with Gasteiger partial charge in [0.25, 0.3) is 0 Å². The Kier molecular flexibility index (Phi) is 3.86. The van der Waals surface area contributed by atoms with Gasteiger partial charge in [0.15, 0.2) is 0 Å². The number of rotatable bonds is 3. The van der Waals surface area contributed by atoms with Crippen LogP contribution in [-0.2, 0) is 4.79 Å². The molecule has 0 aliphatic heterocycles. The zero-order valence-electron chi connectivity index (χ0n) is 7.48. The molecule has 0 aromatic heterocycles. The van der Waals surface area contributed by atoms with Crippen molar-refractivity contribution in [1.82, 2.24) is 5.32 Å². The fourth-order valence-corrected chi connectivity index (χ4v) is 1.66. The van der Waals surface area contributed by atoms with Crippen LogP contribution in [0.15, 0.2) is 0 Å². The molecule has 1 unspecified atom stereocenters. The monoisotopic (exact) mass is 189 g/mol. The molecule has 1 fully saturated rings. The molecule has 0 heterocycles. The number of alkyl halides is 1. The predicted molar refractivity (Wildman–Crippen MR) is 50.3 cm³/mol. The Bertz CT molecular complexity index is 155. The summed E-state index contributed by atoms with van der Waals surface area (Å²) in [5.41, 5.74) is 0. The van der Waals surface area contributed by atoms with E-state index in [1.807, 2.05) is 6.92 Å². The molecule has 12 heavy (non-hydrogen) atoms. The Morgan fingerprint density at radius 2 is 2.17 bits per heavy atom. The van der Waals surface area contributed by atoms with Crippen LogP contribution >= 0.6 is 11.6 Å². The van der Waals surface area contributed by atoms with Gasteiger partial charge in [0.05, 0.1) is 0 Å². The number of amides is 1. The molecule has 0 radical (unpaired) electrons. The molecular formula is C9H16ClNO. The molecule has 1 aliphatic carbocycles. The zero-order valence-corrected chi connectivity index (χ0v) is 8.23. The molecule has 1 saturated carbocycles. The number of carbonyl (C=O) groups is 1. The van der Waals surface area contributed by atoms with Crippen molar-refractivity contribution < 1.29 is 4.79 Å². The number of halogens is 1. The van der Waals surface area contributed by atoms with Crippen LogP contribution in [0.5, 0.6) is 0 Å². The first-order valence-electron chi connectivity index (χ1n) is 4.60. The van der Waals surface area contributed by atoms with Crippen LogP contribution in [-0.4, -0.2) is 17.8 Å². The number of hydrogen-bond donors (Lipinski definition) is 1. The van der Waals surface area contributed by atoms with Gasteiger partial charge >= 0.3 is 0 Å². The van der Waals surface area contributed by atoms with Gasteiger partial charge in [0.1, 0.15) is 0 Å². The number of carbonyl (C=O) groups excluding carboxylic acids is 1. The summed E-state index contributed by atoms with van der Waals surface area (Å²) in [7, 11) is 0. The van der Waals surface area contributed by atoms with Gasteiger partial charge in [0.2, 0.25) is 5.91 Å². The normalized spacial score (nSPS) is 20.8. The standard InChI is InChI=1S/C9H16ClNO/c1-7(6-10)11-9(12)8-4-2-3-5-8/h7-8H,2-6H2,1H3,(H,11,12). The summed E-state index contributed by atoms with van der Waals surface area (Å²) in [4.78, 5) is 11.4. The number of nitrogens with one attached hydrogen (secondary N) is 1. The predicted octanol–water partition coefficient (Wildman–Crippen LogP) is 1.92. The van der Waals surface area contributed by atoms with Gasteiger partial charge < -0.3 is 5.32 Å². The van der Waals surface area contributed by atoms with Crippen molar-refractivity contribution in [1.29, 1.82) is 0 Å². The molecule has 1 aliphatic rings. The summed E-state index contributed by atoms with van der Waals surface area (Å²) in [6.07, 6.45) is 4.52. The van der Waals surface area contributed by atoms with Gasteiger partial charge in [-0.3, -0.25) is 4.79 Å². The molecular weight excluding hydrogens is 174 g/mol. The van der Waals surface area contributed by atoms with E-state index in [9.17, 15) is 4.79 Å². The maximum Gasteiger partial charge on any atom is 0.223 e. The summed E-state index contributed by atoms with van der Waals surface area (Å²) in [6.45, 7) is 1.93. The molecule has 70 valence electrons. The highest BCUT2D eigenvalue weighted by Crippen LogP contribution is 2.24. The minimum Gasteiger partial charge on any atom is -0.352 e. The van der Waals surface area contributed by atoms with E-state index in [0.29, 0.717) is 5.88 Å². The summed E-state index contributed by atoms with van der Waals surface area (Å²) < 4.78 is 0. The molecule has 0 aromatic carbocycles. The Balaban J connectivity index is 2.27. The SMILES string of the molecule is CC(CCl)NC(=O)C1CCCC1. The van der Waals surface area contributed by atoms with Gasteiger partial charge in [-0.15, -0.1) is 11.6 Å². The van der Waals surface area contributed by atoms with Crippen molar-refractivity contribution in [3.63, 3.8) is 0 Å². The van der Waals surface area contributed by atoms with Crippen molar-refractivity contribution in [2.45, 2.75) is 38.6 Å². The molecule has 1 atom stereocenters. The lowest BCUT2D eigenvalue weighted by molar-refractivity contribution is -0.125. The van der Waals surface area contributed by atoms with Crippen molar-refractivity contribution in [2.75, 3.05) is 5.88 Å². The van der Waals surface area contributed by atoms with Crippen LogP contribution < -0.4 is 5.32 Å². The fraction of sp³-hybridized carbons (Fsp3) is 0.889. The lowest BCUT2D eigenvalue weighted by atomic mass is 10.1. The van der Waals surface area contributed by atoms with Crippen LogP contribution in [0.2, 0.25) is 0 Å². The molecule has 0 spiro atoms. The van der Waals surface area contributed by atoms with Crippen molar-refractivity contribution >= 4 is 17.5 Å². The Morgan fingerprint density at radius 3 is 2.67 bits per heavy atom. The van der Waals surface area contributed by atoms with E-state index < -0.39 is 0 Å². The van der Waals surface area contributed by atoms with E-state index in [4.69, 9.17) is 11.6 Å². The Morgan fingerprint density at radius 1 is 1.58 bits per heavy atom. The van der Waals surface area contributed by atoms with Crippen LogP contribution in [0.3, 0.4) is 0 Å². The lowest BCUT2D eigenvalue weighted by Gasteiger charge is -2.14. The molecule has 2 nitrogen and oxygen atoms in total. The third-order valence-electron chi connectivity index (χ3n) is 2.35. The summed E-state index contributed by atoms with van der Waals surface area (Å²) in [5.74, 6) is 0.953. The lowest BCUT2D eigenvalue weighted by Crippen LogP contribution is -2.37. The van der Waals surface area contributed by atoms with E-state index in [2.05, 4.69) is 5.32 Å². The summed E-state index contributed by atoms with van der Waals surface area (Å²) >= 11 is 5.59. The molecule has 0 bridgehead atoms. The van der Waals surface area contributed by atoms with E-state index in [-0.39, 0.29) is 17.9 Å². The second-order valence-electron chi connectivity index (χ2n) is 3.55. The van der Waals surface area contributed by atoms with E-state index >= 15 is 0 Å². The van der Waals surface area contributed by atoms with Crippen LogP contribution in [0.1, 0.15) is 32.6 Å². The maximum absolute atomic E-state index is 11.4. The minimum absolute atomic E-state index is 0.111. The smallest absolute Gasteiger partial charge is 0.223 e. The maximum atomic E-state index is 11.4. The average Bonchev–Trinajstić information content (AvgIpc) is 2.56. The van der Waals surface area contributed by atoms with E-state index in [1.165, 1.54) is 12.8 Å². The van der Waals surface area contributed by atoms with Gasteiger partial charge in [-0.2, -0.15) is 0 Å². The quantitative estimate of drug-likeness (QED) is 0.676. The van der Waals surface area contributed by atoms with Crippen molar-refractivity contribution in [3.8, 4) is 0 Å². The van der Waals surface area contributed by atoms with E-state index in [0.717, 1.165) is 12.8 Å². The third kappa shape index (κ3) is 2.67. The van der Waals surface area contributed by atoms with Crippen LogP contribution in [0.25, 0.3) is 0 Å². The minimum atomic E-state index is 0.111. The highest BCUT2D eigenvalue weighted by atomic mass is 35.5. The molecule has 1 rings (SSSR count). The molecule has 0 aromatic rings. The fourth-order valence-electron chi connectivity index (χ4n) is 1.59. The first kappa shape index (κ1) is 9.85. The topological polar surface area (TPSA) is 29.1 Å². The van der Waals surface area contributed by atoms with Crippen LogP contribution in [0.4, 0.5) is 0 Å². The summed E-state index contributed by atoms with van der Waals surface area (Å²) in [5, 5.41) is 2.90. The first-order chi connectivity index (χ1) is 5.74. The van der Waals surface area contributed by atoms with Crippen LogP contribution in [0, 0.1) is 5.92 Å². The Labute approximate surface area is 78.7 Å².